The number of para-hydroxylation sites is 1. The Labute approximate surface area is 102 Å². The lowest BCUT2D eigenvalue weighted by Crippen LogP contribution is -2.13. The fourth-order valence-electron chi connectivity index (χ4n) is 1.83. The van der Waals surface area contributed by atoms with E-state index in [1.807, 2.05) is 30.5 Å². The first kappa shape index (κ1) is 10.5. The zero-order valence-electron chi connectivity index (χ0n) is 9.71. The van der Waals surface area contributed by atoms with Crippen LogP contribution < -0.4 is 5.69 Å². The van der Waals surface area contributed by atoms with Gasteiger partial charge in [0, 0.05) is 22.7 Å². The minimum atomic E-state index is -0.344. The lowest BCUT2D eigenvalue weighted by Gasteiger charge is -1.92. The largest absolute Gasteiger partial charge is 0.364 e. The number of hydrogen-bond acceptors (Lipinski definition) is 3. The predicted molar refractivity (Wildman–Crippen MR) is 68.9 cm³/mol. The van der Waals surface area contributed by atoms with Crippen LogP contribution in [0.25, 0.3) is 10.9 Å². The van der Waals surface area contributed by atoms with Crippen LogP contribution in [0.2, 0.25) is 0 Å². The van der Waals surface area contributed by atoms with Crippen LogP contribution in [0.5, 0.6) is 0 Å². The summed E-state index contributed by atoms with van der Waals surface area (Å²) < 4.78 is 1.22. The molecule has 3 aromatic rings. The summed E-state index contributed by atoms with van der Waals surface area (Å²) in [6.07, 6.45) is 3.50. The molecule has 3 rings (SSSR count). The van der Waals surface area contributed by atoms with Crippen molar-refractivity contribution in [2.75, 3.05) is 0 Å². The quantitative estimate of drug-likeness (QED) is 0.662. The third-order valence-corrected chi connectivity index (χ3v) is 2.75. The summed E-state index contributed by atoms with van der Waals surface area (Å²) in [5.74, 6) is 0.524. The molecule has 2 heterocycles. The second-order valence-electron chi connectivity index (χ2n) is 3.92. The molecule has 90 valence electrons. The number of benzene rings is 1. The lowest BCUT2D eigenvalue weighted by atomic mass is 10.2. The molecule has 0 bridgehead atoms. The van der Waals surface area contributed by atoms with Gasteiger partial charge in [-0.1, -0.05) is 18.2 Å². The fourth-order valence-corrected chi connectivity index (χ4v) is 1.83. The number of aryl methyl sites for hydroxylation is 1. The van der Waals surface area contributed by atoms with Gasteiger partial charge in [0.05, 0.1) is 6.21 Å². The van der Waals surface area contributed by atoms with E-state index in [4.69, 9.17) is 0 Å². The first-order valence-corrected chi connectivity index (χ1v) is 5.50. The van der Waals surface area contributed by atoms with E-state index in [0.717, 1.165) is 16.5 Å². The molecule has 0 aliphatic carbocycles. The molecule has 2 N–H and O–H groups in total. The molecule has 0 spiro atoms. The number of hydrogen-bond donors (Lipinski definition) is 2. The van der Waals surface area contributed by atoms with E-state index in [-0.39, 0.29) is 5.69 Å². The minimum absolute atomic E-state index is 0.344. The molecule has 2 aromatic heterocycles. The summed E-state index contributed by atoms with van der Waals surface area (Å²) in [7, 11) is 0. The molecule has 18 heavy (non-hydrogen) atoms. The number of fused-ring (bicyclic) bond motifs is 1. The summed E-state index contributed by atoms with van der Waals surface area (Å²) in [4.78, 5) is 14.5. The van der Waals surface area contributed by atoms with E-state index >= 15 is 0 Å². The average Bonchev–Trinajstić information content (AvgIpc) is 2.93. The van der Waals surface area contributed by atoms with Gasteiger partial charge in [-0.15, -0.1) is 0 Å². The van der Waals surface area contributed by atoms with Gasteiger partial charge in [0.15, 0.2) is 5.82 Å². The van der Waals surface area contributed by atoms with Crippen LogP contribution in [0.15, 0.2) is 40.4 Å². The summed E-state index contributed by atoms with van der Waals surface area (Å²) in [5.41, 5.74) is 1.62. The van der Waals surface area contributed by atoms with E-state index in [1.54, 1.807) is 13.1 Å². The van der Waals surface area contributed by atoms with Crippen LogP contribution in [0.4, 0.5) is 0 Å². The first-order valence-electron chi connectivity index (χ1n) is 5.50. The smallest absolute Gasteiger partial charge is 0.361 e. The number of aromatic nitrogens is 4. The van der Waals surface area contributed by atoms with Gasteiger partial charge >= 0.3 is 5.69 Å². The van der Waals surface area contributed by atoms with Crippen molar-refractivity contribution in [3.63, 3.8) is 0 Å². The second kappa shape index (κ2) is 3.99. The molecule has 0 atom stereocenters. The predicted octanol–water partition coefficient (Wildman–Crippen LogP) is 1.24. The summed E-state index contributed by atoms with van der Waals surface area (Å²) in [5, 5.41) is 11.3. The number of nitrogens with one attached hydrogen (secondary N) is 2. The molecule has 0 saturated carbocycles. The Kier molecular flexibility index (Phi) is 2.33. The Morgan fingerprint density at radius 1 is 1.39 bits per heavy atom. The normalized spacial score (nSPS) is 11.6. The summed E-state index contributed by atoms with van der Waals surface area (Å²) in [6.45, 7) is 1.71. The molecule has 0 unspecified atom stereocenters. The van der Waals surface area contributed by atoms with E-state index < -0.39 is 0 Å². The van der Waals surface area contributed by atoms with Crippen LogP contribution in [0.1, 0.15) is 11.4 Å². The molecule has 0 aliphatic heterocycles. The summed E-state index contributed by atoms with van der Waals surface area (Å²) in [6, 6.07) is 7.91. The lowest BCUT2D eigenvalue weighted by molar-refractivity contribution is 0.800. The highest BCUT2D eigenvalue weighted by atomic mass is 16.2. The molecular weight excluding hydrogens is 230 g/mol. The molecule has 0 radical (unpaired) electrons. The Hall–Kier alpha value is -2.63. The number of H-pyrrole nitrogens is 2. The number of nitrogens with zero attached hydrogens (tertiary/aromatic N) is 3. The van der Waals surface area contributed by atoms with Crippen molar-refractivity contribution in [3.05, 3.63) is 52.3 Å². The maximum atomic E-state index is 11.4. The van der Waals surface area contributed by atoms with Crippen molar-refractivity contribution < 1.29 is 0 Å². The minimum Gasteiger partial charge on any atom is -0.361 e. The highest BCUT2D eigenvalue weighted by molar-refractivity contribution is 5.98. The van der Waals surface area contributed by atoms with E-state index in [0.29, 0.717) is 5.82 Å². The molecule has 0 amide bonds. The molecule has 0 fully saturated rings. The van der Waals surface area contributed by atoms with Crippen molar-refractivity contribution in [1.29, 1.82) is 0 Å². The number of rotatable bonds is 2. The van der Waals surface area contributed by atoms with Gasteiger partial charge in [-0.05, 0) is 13.0 Å². The topological polar surface area (TPSA) is 78.8 Å². The monoisotopic (exact) mass is 241 g/mol. The van der Waals surface area contributed by atoms with Crippen molar-refractivity contribution in [2.45, 2.75) is 6.92 Å². The fraction of sp³-hybridized carbons (Fsp3) is 0.0833. The van der Waals surface area contributed by atoms with Crippen molar-refractivity contribution in [1.82, 2.24) is 19.9 Å². The molecule has 0 saturated heterocycles. The van der Waals surface area contributed by atoms with Crippen molar-refractivity contribution in [2.24, 2.45) is 5.10 Å². The van der Waals surface area contributed by atoms with E-state index in [2.05, 4.69) is 20.3 Å². The third kappa shape index (κ3) is 1.64. The second-order valence-corrected chi connectivity index (χ2v) is 3.92. The number of aromatic amines is 2. The molecule has 6 nitrogen and oxygen atoms in total. The molecule has 0 aliphatic rings. The maximum Gasteiger partial charge on any atom is 0.364 e. The van der Waals surface area contributed by atoms with Gasteiger partial charge < -0.3 is 4.98 Å². The van der Waals surface area contributed by atoms with Crippen LogP contribution in [-0.4, -0.2) is 26.1 Å². The van der Waals surface area contributed by atoms with E-state index in [1.165, 1.54) is 4.68 Å². The van der Waals surface area contributed by atoms with Gasteiger partial charge in [0.25, 0.3) is 0 Å². The van der Waals surface area contributed by atoms with Crippen LogP contribution in [0, 0.1) is 6.92 Å². The van der Waals surface area contributed by atoms with E-state index in [9.17, 15) is 4.79 Å². The molecular formula is C12H11N5O. The average molecular weight is 241 g/mol. The van der Waals surface area contributed by atoms with Gasteiger partial charge in [0.1, 0.15) is 0 Å². The van der Waals surface area contributed by atoms with Gasteiger partial charge in [0.2, 0.25) is 0 Å². The van der Waals surface area contributed by atoms with Crippen molar-refractivity contribution in [3.8, 4) is 0 Å². The molecule has 6 heteroatoms. The van der Waals surface area contributed by atoms with Gasteiger partial charge in [-0.3, -0.25) is 0 Å². The summed E-state index contributed by atoms with van der Waals surface area (Å²) >= 11 is 0. The maximum absolute atomic E-state index is 11.4. The van der Waals surface area contributed by atoms with Crippen LogP contribution >= 0.6 is 0 Å². The Bertz CT molecular complexity index is 777. The Morgan fingerprint density at radius 2 is 2.22 bits per heavy atom. The van der Waals surface area contributed by atoms with Gasteiger partial charge in [-0.25, -0.2) is 9.89 Å². The van der Waals surface area contributed by atoms with Crippen molar-refractivity contribution >= 4 is 17.1 Å². The Morgan fingerprint density at radius 3 is 3.00 bits per heavy atom. The highest BCUT2D eigenvalue weighted by Crippen LogP contribution is 2.15. The third-order valence-electron chi connectivity index (χ3n) is 2.75. The highest BCUT2D eigenvalue weighted by Gasteiger charge is 2.02. The standard InChI is InChI=1S/C12H11N5O/c1-8-15-16-12(18)17(8)14-7-9-6-13-11-5-3-2-4-10(9)11/h2-7,13H,1H3,(H,16,18)/b14-7+. The SMILES string of the molecule is Cc1n[nH]c(=O)n1/N=C/c1c[nH]c2ccccc12. The van der Waals surface area contributed by atoms with Crippen LogP contribution in [-0.2, 0) is 0 Å². The zero-order chi connectivity index (χ0) is 12.5. The van der Waals surface area contributed by atoms with Gasteiger partial charge in [-0.2, -0.15) is 14.9 Å². The zero-order valence-corrected chi connectivity index (χ0v) is 9.71. The Balaban J connectivity index is 2.05. The van der Waals surface area contributed by atoms with Crippen LogP contribution in [0.3, 0.4) is 0 Å². The molecule has 1 aromatic carbocycles. The first-order chi connectivity index (χ1) is 8.75.